The number of rotatable bonds is 10. The van der Waals surface area contributed by atoms with E-state index < -0.39 is 0 Å². The predicted molar refractivity (Wildman–Crippen MR) is 135 cm³/mol. The van der Waals surface area contributed by atoms with E-state index in [-0.39, 0.29) is 6.61 Å². The largest absolute Gasteiger partial charge is 0.491 e. The molecular formula is C28H29N5O2. The van der Waals surface area contributed by atoms with E-state index in [2.05, 4.69) is 39.7 Å². The molecule has 2 heterocycles. The lowest BCUT2D eigenvalue weighted by Crippen LogP contribution is -2.09. The van der Waals surface area contributed by atoms with Gasteiger partial charge in [-0.3, -0.25) is 0 Å². The van der Waals surface area contributed by atoms with Crippen LogP contribution in [-0.4, -0.2) is 31.2 Å². The molecule has 0 atom stereocenters. The maximum atomic E-state index is 10.3. The summed E-state index contributed by atoms with van der Waals surface area (Å²) >= 11 is 0. The van der Waals surface area contributed by atoms with Gasteiger partial charge >= 0.3 is 0 Å². The smallest absolute Gasteiger partial charge is 0.180 e. The highest BCUT2D eigenvalue weighted by molar-refractivity contribution is 5.70. The number of nitrogens with zero attached hydrogens (tertiary/aromatic N) is 5. The summed E-state index contributed by atoms with van der Waals surface area (Å²) in [5.74, 6) is 1.98. The fourth-order valence-electron chi connectivity index (χ4n) is 4.07. The van der Waals surface area contributed by atoms with Crippen LogP contribution < -0.4 is 4.74 Å². The number of ether oxygens (including phenoxy) is 1. The third-order valence-corrected chi connectivity index (χ3v) is 5.86. The third-order valence-electron chi connectivity index (χ3n) is 5.86. The number of imidazole rings is 1. The van der Waals surface area contributed by atoms with E-state index in [1.54, 1.807) is 12.4 Å². The summed E-state index contributed by atoms with van der Waals surface area (Å²) in [6, 6.07) is 18.0. The number of benzene rings is 2. The number of aliphatic hydroxyl groups is 1. The molecule has 2 aromatic heterocycles. The maximum Gasteiger partial charge on any atom is 0.180 e. The molecule has 0 saturated heterocycles. The Bertz CT molecular complexity index is 1300. The molecule has 0 radical (unpaired) electrons. The first kappa shape index (κ1) is 24.1. The molecule has 0 unspecified atom stereocenters. The molecule has 1 N–H and O–H groups in total. The Balaban J connectivity index is 1.67. The highest BCUT2D eigenvalue weighted by Crippen LogP contribution is 2.27. The molecule has 0 aliphatic rings. The lowest BCUT2D eigenvalue weighted by Gasteiger charge is -2.12. The van der Waals surface area contributed by atoms with Gasteiger partial charge in [-0.1, -0.05) is 55.8 Å². The predicted octanol–water partition coefficient (Wildman–Crippen LogP) is 5.16. The van der Waals surface area contributed by atoms with Crippen LogP contribution in [0.1, 0.15) is 49.3 Å². The molecule has 4 rings (SSSR count). The monoisotopic (exact) mass is 467 g/mol. The topological polar surface area (TPSA) is 96.8 Å². The van der Waals surface area contributed by atoms with Crippen LogP contribution in [-0.2, 0) is 19.6 Å². The summed E-state index contributed by atoms with van der Waals surface area (Å²) in [5.41, 5.74) is 4.93. The molecule has 7 heteroatoms. The zero-order valence-corrected chi connectivity index (χ0v) is 20.1. The van der Waals surface area contributed by atoms with Crippen molar-refractivity contribution >= 4 is 0 Å². The number of aryl methyl sites for hydroxylation is 1. The van der Waals surface area contributed by atoms with Crippen molar-refractivity contribution in [3.05, 3.63) is 83.6 Å². The minimum Gasteiger partial charge on any atom is -0.491 e. The maximum absolute atomic E-state index is 10.3. The number of unbranched alkanes of at least 4 members (excludes halogenated alkanes) is 1. The van der Waals surface area contributed by atoms with E-state index in [1.807, 2.05) is 43.3 Å². The van der Waals surface area contributed by atoms with Crippen LogP contribution in [0.3, 0.4) is 0 Å². The van der Waals surface area contributed by atoms with E-state index in [0.29, 0.717) is 41.7 Å². The van der Waals surface area contributed by atoms with Crippen molar-refractivity contribution in [3.63, 3.8) is 0 Å². The molecule has 0 spiro atoms. The van der Waals surface area contributed by atoms with Crippen LogP contribution in [0.15, 0.2) is 60.9 Å². The van der Waals surface area contributed by atoms with E-state index >= 15 is 0 Å². The van der Waals surface area contributed by atoms with Crippen molar-refractivity contribution in [1.82, 2.24) is 19.5 Å². The summed E-state index contributed by atoms with van der Waals surface area (Å²) < 4.78 is 7.53. The van der Waals surface area contributed by atoms with Gasteiger partial charge in [-0.15, -0.1) is 0 Å². The summed E-state index contributed by atoms with van der Waals surface area (Å²) in [5, 5.41) is 19.7. The Hall–Kier alpha value is -4.02. The van der Waals surface area contributed by atoms with Gasteiger partial charge in [-0.25, -0.2) is 15.0 Å². The molecule has 2 aromatic carbocycles. The van der Waals surface area contributed by atoms with Gasteiger partial charge < -0.3 is 14.4 Å². The number of hydrogen-bond donors (Lipinski definition) is 1. The van der Waals surface area contributed by atoms with Gasteiger partial charge in [0.05, 0.1) is 42.9 Å². The van der Waals surface area contributed by atoms with Gasteiger partial charge in [0.25, 0.3) is 0 Å². The average molecular weight is 468 g/mol. The second kappa shape index (κ2) is 11.4. The van der Waals surface area contributed by atoms with E-state index in [4.69, 9.17) is 9.72 Å². The van der Waals surface area contributed by atoms with Crippen molar-refractivity contribution in [3.8, 4) is 34.5 Å². The average Bonchev–Trinajstić information content (AvgIpc) is 3.25. The second-order valence-electron chi connectivity index (χ2n) is 8.20. The molecule has 4 aromatic rings. The summed E-state index contributed by atoms with van der Waals surface area (Å²) in [6.45, 7) is 5.00. The van der Waals surface area contributed by atoms with E-state index in [9.17, 15) is 10.4 Å². The molecule has 0 aliphatic heterocycles. The van der Waals surface area contributed by atoms with Gasteiger partial charge in [0.2, 0.25) is 0 Å². The Morgan fingerprint density at radius 1 is 1.03 bits per heavy atom. The Kier molecular flexibility index (Phi) is 7.86. The first-order chi connectivity index (χ1) is 17.2. The van der Waals surface area contributed by atoms with Crippen LogP contribution >= 0.6 is 0 Å². The minimum atomic E-state index is -0.168. The lowest BCUT2D eigenvalue weighted by atomic mass is 9.99. The van der Waals surface area contributed by atoms with Crippen molar-refractivity contribution < 1.29 is 9.84 Å². The van der Waals surface area contributed by atoms with Crippen LogP contribution in [0, 0.1) is 11.3 Å². The Labute approximate surface area is 205 Å². The molecule has 178 valence electrons. The zero-order valence-electron chi connectivity index (χ0n) is 20.1. The van der Waals surface area contributed by atoms with Gasteiger partial charge in [0.15, 0.2) is 11.6 Å². The van der Waals surface area contributed by atoms with Crippen LogP contribution in [0.2, 0.25) is 0 Å². The molecule has 0 amide bonds. The number of aromatic nitrogens is 4. The SMILES string of the molecule is CCCCc1nc(-c2ncc(OCC)cn2)c(CO)n1Cc1ccc(-c2ccccc2C#N)cc1. The molecular weight excluding hydrogens is 438 g/mol. The van der Waals surface area contributed by atoms with Crippen molar-refractivity contribution in [2.75, 3.05) is 6.61 Å². The Morgan fingerprint density at radius 2 is 1.77 bits per heavy atom. The molecule has 0 saturated carbocycles. The third kappa shape index (κ3) is 5.39. The molecule has 0 aliphatic carbocycles. The number of nitriles is 1. The lowest BCUT2D eigenvalue weighted by molar-refractivity contribution is 0.271. The first-order valence-electron chi connectivity index (χ1n) is 11.9. The fraction of sp³-hybridized carbons (Fsp3) is 0.286. The Morgan fingerprint density at radius 3 is 2.43 bits per heavy atom. The van der Waals surface area contributed by atoms with Gasteiger partial charge in [-0.05, 0) is 36.1 Å². The summed E-state index contributed by atoms with van der Waals surface area (Å²) in [6.07, 6.45) is 6.11. The van der Waals surface area contributed by atoms with Gasteiger partial charge in [0.1, 0.15) is 11.5 Å². The van der Waals surface area contributed by atoms with Crippen molar-refractivity contribution in [2.24, 2.45) is 0 Å². The molecule has 0 bridgehead atoms. The van der Waals surface area contributed by atoms with Gasteiger partial charge in [0, 0.05) is 13.0 Å². The van der Waals surface area contributed by atoms with E-state index in [0.717, 1.165) is 41.8 Å². The highest BCUT2D eigenvalue weighted by atomic mass is 16.5. The van der Waals surface area contributed by atoms with Crippen LogP contribution in [0.4, 0.5) is 0 Å². The highest BCUT2D eigenvalue weighted by Gasteiger charge is 2.20. The standard InChI is InChI=1S/C28H29N5O2/c1-3-5-10-26-32-27(28-30-16-23(17-31-28)35-4-2)25(19-34)33(26)18-20-11-13-21(14-12-20)24-9-7-6-8-22(24)15-29/h6-9,11-14,16-17,34H,3-5,10,18-19H2,1-2H3. The van der Waals surface area contributed by atoms with Crippen molar-refractivity contribution in [2.45, 2.75) is 46.3 Å². The minimum absolute atomic E-state index is 0.168. The fourth-order valence-corrected chi connectivity index (χ4v) is 4.07. The molecule has 0 fully saturated rings. The quantitative estimate of drug-likeness (QED) is 0.346. The van der Waals surface area contributed by atoms with Crippen LogP contribution in [0.5, 0.6) is 5.75 Å². The number of hydrogen-bond acceptors (Lipinski definition) is 6. The van der Waals surface area contributed by atoms with E-state index in [1.165, 1.54) is 0 Å². The van der Waals surface area contributed by atoms with Crippen LogP contribution in [0.25, 0.3) is 22.6 Å². The first-order valence-corrected chi connectivity index (χ1v) is 11.9. The van der Waals surface area contributed by atoms with Gasteiger partial charge in [-0.2, -0.15) is 5.26 Å². The summed E-state index contributed by atoms with van der Waals surface area (Å²) in [7, 11) is 0. The summed E-state index contributed by atoms with van der Waals surface area (Å²) in [4.78, 5) is 13.7. The second-order valence-corrected chi connectivity index (χ2v) is 8.20. The molecule has 35 heavy (non-hydrogen) atoms. The van der Waals surface area contributed by atoms with Crippen molar-refractivity contribution in [1.29, 1.82) is 5.26 Å². The molecule has 7 nitrogen and oxygen atoms in total. The zero-order chi connectivity index (χ0) is 24.6. The number of aliphatic hydroxyl groups excluding tert-OH is 1. The normalized spacial score (nSPS) is 10.8.